The fourth-order valence-corrected chi connectivity index (χ4v) is 3.32. The fraction of sp³-hybridized carbons (Fsp3) is 0.455. The standard InChI is InChI=1S/C22H26ClFN2O5/c1-5-17(26-9-8-13-10-14(23)6-7-15(13)21(26)30)20(29)25-16(18(27)12-24)11-19(28)31-22(2,3)4/h6-10,16-17H,5,11-12H2,1-4H3,(H,25,29)/t16?,17-/m0/s1. The molecule has 1 aromatic heterocycles. The van der Waals surface area contributed by atoms with Crippen molar-refractivity contribution < 1.29 is 23.5 Å². The van der Waals surface area contributed by atoms with Crippen LogP contribution in [0.15, 0.2) is 35.3 Å². The number of ketones is 1. The van der Waals surface area contributed by atoms with E-state index in [1.165, 1.54) is 10.8 Å². The van der Waals surface area contributed by atoms with Crippen LogP contribution >= 0.6 is 11.6 Å². The largest absolute Gasteiger partial charge is 0.460 e. The summed E-state index contributed by atoms with van der Waals surface area (Å²) in [4.78, 5) is 49.9. The first-order valence-corrected chi connectivity index (χ1v) is 10.3. The molecule has 2 rings (SSSR count). The van der Waals surface area contributed by atoms with Crippen LogP contribution < -0.4 is 10.9 Å². The number of aromatic nitrogens is 1. The number of carbonyl (C=O) groups is 3. The molecule has 0 radical (unpaired) electrons. The van der Waals surface area contributed by atoms with Gasteiger partial charge >= 0.3 is 5.97 Å². The van der Waals surface area contributed by atoms with Crippen molar-refractivity contribution in [1.82, 2.24) is 9.88 Å². The summed E-state index contributed by atoms with van der Waals surface area (Å²) in [5, 5.41) is 3.89. The lowest BCUT2D eigenvalue weighted by Crippen LogP contribution is -2.47. The topological polar surface area (TPSA) is 94.5 Å². The van der Waals surface area contributed by atoms with Crippen LogP contribution in [0.5, 0.6) is 0 Å². The normalized spacial score (nSPS) is 13.5. The number of pyridine rings is 1. The van der Waals surface area contributed by atoms with Crippen molar-refractivity contribution in [2.24, 2.45) is 0 Å². The Morgan fingerprint density at radius 1 is 1.23 bits per heavy atom. The van der Waals surface area contributed by atoms with Crippen LogP contribution in [-0.2, 0) is 19.1 Å². The third kappa shape index (κ3) is 6.37. The third-order valence-corrected chi connectivity index (χ3v) is 4.78. The van der Waals surface area contributed by atoms with Crippen LogP contribution in [0.3, 0.4) is 0 Å². The molecule has 0 aliphatic heterocycles. The Labute approximate surface area is 184 Å². The summed E-state index contributed by atoms with van der Waals surface area (Å²) in [5.41, 5.74) is -1.20. The molecule has 31 heavy (non-hydrogen) atoms. The molecule has 0 bridgehead atoms. The molecule has 7 nitrogen and oxygen atoms in total. The average Bonchev–Trinajstić information content (AvgIpc) is 2.67. The Hall–Kier alpha value is -2.74. The van der Waals surface area contributed by atoms with Gasteiger partial charge in [0.2, 0.25) is 5.91 Å². The minimum absolute atomic E-state index is 0.230. The lowest BCUT2D eigenvalue weighted by Gasteiger charge is -2.24. The number of nitrogens with zero attached hydrogens (tertiary/aromatic N) is 1. The van der Waals surface area contributed by atoms with Gasteiger partial charge in [-0.05, 0) is 56.8 Å². The predicted molar refractivity (Wildman–Crippen MR) is 116 cm³/mol. The molecule has 1 unspecified atom stereocenters. The van der Waals surface area contributed by atoms with Crippen LogP contribution in [-0.4, -0.2) is 40.5 Å². The fourth-order valence-electron chi connectivity index (χ4n) is 3.14. The maximum Gasteiger partial charge on any atom is 0.308 e. The number of hydrogen-bond donors (Lipinski definition) is 1. The van der Waals surface area contributed by atoms with Gasteiger partial charge in [0.25, 0.3) is 5.56 Å². The van der Waals surface area contributed by atoms with Gasteiger partial charge in [-0.2, -0.15) is 0 Å². The second kappa shape index (κ2) is 10.0. The maximum atomic E-state index is 13.0. The Morgan fingerprint density at radius 3 is 2.48 bits per heavy atom. The summed E-state index contributed by atoms with van der Waals surface area (Å²) in [6.45, 7) is 5.31. The molecule has 9 heteroatoms. The van der Waals surface area contributed by atoms with E-state index in [-0.39, 0.29) is 6.42 Å². The van der Waals surface area contributed by atoms with Crippen molar-refractivity contribution in [2.75, 3.05) is 6.67 Å². The van der Waals surface area contributed by atoms with E-state index in [0.29, 0.717) is 15.8 Å². The smallest absolute Gasteiger partial charge is 0.308 e. The summed E-state index contributed by atoms with van der Waals surface area (Å²) in [6.07, 6.45) is 1.19. The number of alkyl halides is 1. The molecule has 0 saturated carbocycles. The number of ether oxygens (including phenoxy) is 1. The molecule has 2 atom stereocenters. The summed E-state index contributed by atoms with van der Waals surface area (Å²) in [5.74, 6) is -2.37. The van der Waals surface area contributed by atoms with Gasteiger partial charge in [0.1, 0.15) is 24.4 Å². The Bertz CT molecular complexity index is 1040. The highest BCUT2D eigenvalue weighted by Crippen LogP contribution is 2.19. The maximum absolute atomic E-state index is 13.0. The van der Waals surface area contributed by atoms with Crippen molar-refractivity contribution in [2.45, 2.75) is 58.2 Å². The number of amides is 1. The molecule has 1 heterocycles. The van der Waals surface area contributed by atoms with E-state index >= 15 is 0 Å². The van der Waals surface area contributed by atoms with Gasteiger partial charge in [0.05, 0.1) is 6.42 Å². The number of rotatable bonds is 8. The van der Waals surface area contributed by atoms with E-state index in [4.69, 9.17) is 16.3 Å². The van der Waals surface area contributed by atoms with Gasteiger partial charge in [0, 0.05) is 16.6 Å². The van der Waals surface area contributed by atoms with Gasteiger partial charge in [0.15, 0.2) is 5.78 Å². The van der Waals surface area contributed by atoms with Crippen LogP contribution in [0.4, 0.5) is 4.39 Å². The monoisotopic (exact) mass is 452 g/mol. The van der Waals surface area contributed by atoms with E-state index in [0.717, 1.165) is 0 Å². The number of fused-ring (bicyclic) bond motifs is 1. The number of benzene rings is 1. The molecule has 1 aromatic carbocycles. The second-order valence-electron chi connectivity index (χ2n) is 8.14. The van der Waals surface area contributed by atoms with Crippen LogP contribution in [0.25, 0.3) is 10.8 Å². The molecule has 1 amide bonds. The van der Waals surface area contributed by atoms with Gasteiger partial charge < -0.3 is 14.6 Å². The number of esters is 1. The zero-order chi connectivity index (χ0) is 23.3. The molecule has 2 aromatic rings. The third-order valence-electron chi connectivity index (χ3n) is 4.55. The second-order valence-corrected chi connectivity index (χ2v) is 8.57. The van der Waals surface area contributed by atoms with Crippen molar-refractivity contribution in [3.05, 3.63) is 45.8 Å². The van der Waals surface area contributed by atoms with Crippen molar-refractivity contribution in [1.29, 1.82) is 0 Å². The van der Waals surface area contributed by atoms with E-state index in [1.807, 2.05) is 0 Å². The van der Waals surface area contributed by atoms with Crippen molar-refractivity contribution in [3.8, 4) is 0 Å². The van der Waals surface area contributed by atoms with Crippen LogP contribution in [0.2, 0.25) is 5.02 Å². The Kier molecular flexibility index (Phi) is 7.95. The molecule has 1 N–H and O–H groups in total. The molecule has 168 valence electrons. The highest BCUT2D eigenvalue weighted by molar-refractivity contribution is 6.31. The molecule has 0 saturated heterocycles. The Balaban J connectivity index is 2.29. The SMILES string of the molecule is CC[C@@H](C(=O)NC(CC(=O)OC(C)(C)C)C(=O)CF)n1ccc2cc(Cl)ccc2c1=O. The van der Waals surface area contributed by atoms with E-state index in [1.54, 1.807) is 52.0 Å². The predicted octanol–water partition coefficient (Wildman–Crippen LogP) is 3.36. The van der Waals surface area contributed by atoms with Gasteiger partial charge in [-0.1, -0.05) is 18.5 Å². The molecule has 0 aliphatic carbocycles. The van der Waals surface area contributed by atoms with Crippen LogP contribution in [0, 0.1) is 0 Å². The lowest BCUT2D eigenvalue weighted by molar-refractivity contribution is -0.156. The molecular formula is C22H26ClFN2O5. The molecule has 0 aliphatic rings. The molecule has 0 fully saturated rings. The summed E-state index contributed by atoms with van der Waals surface area (Å²) >= 11 is 5.96. The first-order valence-electron chi connectivity index (χ1n) is 9.88. The molecular weight excluding hydrogens is 427 g/mol. The van der Waals surface area contributed by atoms with E-state index < -0.39 is 54.0 Å². The zero-order valence-corrected chi connectivity index (χ0v) is 18.7. The number of hydrogen-bond acceptors (Lipinski definition) is 5. The first-order chi connectivity index (χ1) is 14.5. The van der Waals surface area contributed by atoms with Gasteiger partial charge in [-0.3, -0.25) is 19.2 Å². The highest BCUT2D eigenvalue weighted by atomic mass is 35.5. The zero-order valence-electron chi connectivity index (χ0n) is 17.9. The number of nitrogens with one attached hydrogen (secondary N) is 1. The summed E-state index contributed by atoms with van der Waals surface area (Å²) in [7, 11) is 0. The summed E-state index contributed by atoms with van der Waals surface area (Å²) < 4.78 is 19.4. The quantitative estimate of drug-likeness (QED) is 0.620. The van der Waals surface area contributed by atoms with Crippen LogP contribution in [0.1, 0.15) is 46.6 Å². The van der Waals surface area contributed by atoms with Gasteiger partial charge in [-0.15, -0.1) is 0 Å². The summed E-state index contributed by atoms with van der Waals surface area (Å²) in [6, 6.07) is 4.09. The van der Waals surface area contributed by atoms with E-state index in [9.17, 15) is 23.6 Å². The van der Waals surface area contributed by atoms with Gasteiger partial charge in [-0.25, -0.2) is 4.39 Å². The number of halogens is 2. The van der Waals surface area contributed by atoms with Crippen molar-refractivity contribution >= 4 is 40.0 Å². The average molecular weight is 453 g/mol. The number of Topliss-reactive ketones (excluding diaryl/α,β-unsaturated/α-hetero) is 1. The minimum atomic E-state index is -1.39. The molecule has 0 spiro atoms. The van der Waals surface area contributed by atoms with E-state index in [2.05, 4.69) is 5.32 Å². The first kappa shape index (κ1) is 24.5. The Morgan fingerprint density at radius 2 is 1.90 bits per heavy atom. The van der Waals surface area contributed by atoms with Crippen molar-refractivity contribution in [3.63, 3.8) is 0 Å². The number of carbonyl (C=O) groups excluding carboxylic acids is 3. The lowest BCUT2D eigenvalue weighted by atomic mass is 10.1. The highest BCUT2D eigenvalue weighted by Gasteiger charge is 2.29. The minimum Gasteiger partial charge on any atom is -0.460 e.